The Morgan fingerprint density at radius 1 is 1.00 bits per heavy atom. The number of aromatic amines is 1. The normalized spacial score (nSPS) is 14.1. The van der Waals surface area contributed by atoms with Gasteiger partial charge in [0.25, 0.3) is 15.6 Å². The molecule has 0 spiro atoms. The minimum absolute atomic E-state index is 0.0364. The fraction of sp³-hybridized carbons (Fsp3) is 0.143. The van der Waals surface area contributed by atoms with Crippen LogP contribution in [0.1, 0.15) is 12.0 Å². The van der Waals surface area contributed by atoms with Gasteiger partial charge in [-0.3, -0.25) is 9.10 Å². The summed E-state index contributed by atoms with van der Waals surface area (Å²) in [5.74, 6) is 0. The van der Waals surface area contributed by atoms with E-state index in [-0.39, 0.29) is 10.6 Å². The molecule has 1 aliphatic heterocycles. The van der Waals surface area contributed by atoms with Crippen LogP contribution in [0.25, 0.3) is 15.9 Å². The maximum atomic E-state index is 13.4. The molecule has 0 saturated carbocycles. The van der Waals surface area contributed by atoms with Crippen LogP contribution in [0.15, 0.2) is 74.5 Å². The molecule has 5 rings (SSSR count). The number of H-pyrrole nitrogens is 1. The van der Waals surface area contributed by atoms with Gasteiger partial charge in [-0.05, 0) is 54.1 Å². The standard InChI is InChI=1S/C21H17N3O4S2/c25-20-19-17(10-12-29-19)22-21(26)24(20)15-7-3-8-16(13-15)30(27,28)23-11-4-6-14-5-1-2-9-18(14)23/h1-3,5,7-10,12-13H,4,6,11H2,(H,22,26). The minimum Gasteiger partial charge on any atom is -0.306 e. The van der Waals surface area contributed by atoms with Crippen molar-refractivity contribution in [3.63, 3.8) is 0 Å². The van der Waals surface area contributed by atoms with E-state index in [2.05, 4.69) is 4.98 Å². The Kier molecular flexibility index (Phi) is 4.37. The van der Waals surface area contributed by atoms with Crippen molar-refractivity contribution in [1.29, 1.82) is 0 Å². The van der Waals surface area contributed by atoms with Gasteiger partial charge in [-0.2, -0.15) is 0 Å². The van der Waals surface area contributed by atoms with Gasteiger partial charge in [0.15, 0.2) is 0 Å². The van der Waals surface area contributed by atoms with Crippen LogP contribution in [0.4, 0.5) is 5.69 Å². The van der Waals surface area contributed by atoms with Crippen molar-refractivity contribution in [3.05, 3.63) is 86.4 Å². The highest BCUT2D eigenvalue weighted by atomic mass is 32.2. The number of nitrogens with one attached hydrogen (secondary N) is 1. The molecule has 152 valence electrons. The summed E-state index contributed by atoms with van der Waals surface area (Å²) in [5.41, 5.74) is 1.26. The van der Waals surface area contributed by atoms with Gasteiger partial charge in [-0.1, -0.05) is 24.3 Å². The van der Waals surface area contributed by atoms with Crippen molar-refractivity contribution in [2.24, 2.45) is 0 Å². The van der Waals surface area contributed by atoms with E-state index in [1.165, 1.54) is 27.8 Å². The van der Waals surface area contributed by atoms with E-state index in [4.69, 9.17) is 0 Å². The summed E-state index contributed by atoms with van der Waals surface area (Å²) in [6, 6.07) is 15.1. The smallest absolute Gasteiger partial charge is 0.306 e. The number of benzene rings is 2. The number of hydrogen-bond acceptors (Lipinski definition) is 5. The lowest BCUT2D eigenvalue weighted by atomic mass is 10.0. The van der Waals surface area contributed by atoms with Crippen molar-refractivity contribution in [1.82, 2.24) is 9.55 Å². The molecule has 0 aliphatic carbocycles. The third-order valence-corrected chi connectivity index (χ3v) is 7.95. The van der Waals surface area contributed by atoms with E-state index in [0.717, 1.165) is 23.0 Å². The fourth-order valence-electron chi connectivity index (χ4n) is 3.83. The van der Waals surface area contributed by atoms with E-state index < -0.39 is 21.3 Å². The van der Waals surface area contributed by atoms with Gasteiger partial charge in [0.2, 0.25) is 0 Å². The van der Waals surface area contributed by atoms with Crippen LogP contribution in [-0.2, 0) is 16.4 Å². The number of fused-ring (bicyclic) bond motifs is 2. The molecule has 9 heteroatoms. The van der Waals surface area contributed by atoms with Crippen LogP contribution in [0.5, 0.6) is 0 Å². The number of sulfonamides is 1. The first-order valence-corrected chi connectivity index (χ1v) is 11.7. The van der Waals surface area contributed by atoms with Gasteiger partial charge in [-0.15, -0.1) is 11.3 Å². The number of thiophene rings is 1. The number of nitrogens with zero attached hydrogens (tertiary/aromatic N) is 2. The number of anilines is 1. The molecule has 0 radical (unpaired) electrons. The van der Waals surface area contributed by atoms with Crippen LogP contribution in [0.2, 0.25) is 0 Å². The highest BCUT2D eigenvalue weighted by molar-refractivity contribution is 7.92. The van der Waals surface area contributed by atoms with E-state index in [0.29, 0.717) is 22.4 Å². The fourth-order valence-corrected chi connectivity index (χ4v) is 6.19. The summed E-state index contributed by atoms with van der Waals surface area (Å²) in [4.78, 5) is 28.1. The second-order valence-electron chi connectivity index (χ2n) is 7.04. The Bertz CT molecular complexity index is 1500. The molecule has 0 saturated heterocycles. The maximum Gasteiger partial charge on any atom is 0.333 e. The van der Waals surface area contributed by atoms with E-state index in [9.17, 15) is 18.0 Å². The molecule has 0 amide bonds. The zero-order valence-corrected chi connectivity index (χ0v) is 17.4. The predicted octanol–water partition coefficient (Wildman–Crippen LogP) is 2.88. The number of hydrogen-bond donors (Lipinski definition) is 1. The molecule has 3 heterocycles. The molecular weight excluding hydrogens is 422 g/mol. The molecule has 4 aromatic rings. The quantitative estimate of drug-likeness (QED) is 0.531. The molecule has 1 N–H and O–H groups in total. The lowest BCUT2D eigenvalue weighted by Crippen LogP contribution is -2.36. The average molecular weight is 440 g/mol. The Hall–Kier alpha value is -3.17. The second-order valence-corrected chi connectivity index (χ2v) is 9.82. The highest BCUT2D eigenvalue weighted by Crippen LogP contribution is 2.32. The lowest BCUT2D eigenvalue weighted by molar-refractivity contribution is 0.586. The molecular formula is C21H17N3O4S2. The number of aromatic nitrogens is 2. The molecule has 1 aliphatic rings. The summed E-state index contributed by atoms with van der Waals surface area (Å²) in [5, 5.41) is 1.72. The van der Waals surface area contributed by atoms with Gasteiger partial charge in [-0.25, -0.2) is 17.8 Å². The van der Waals surface area contributed by atoms with Crippen molar-refractivity contribution in [2.75, 3.05) is 10.8 Å². The van der Waals surface area contributed by atoms with E-state index in [1.807, 2.05) is 18.2 Å². The Morgan fingerprint density at radius 3 is 2.70 bits per heavy atom. The number of aryl methyl sites for hydroxylation is 1. The summed E-state index contributed by atoms with van der Waals surface area (Å²) in [7, 11) is -3.85. The predicted molar refractivity (Wildman–Crippen MR) is 117 cm³/mol. The summed E-state index contributed by atoms with van der Waals surface area (Å²) in [6.45, 7) is 0.380. The zero-order chi connectivity index (χ0) is 20.9. The maximum absolute atomic E-state index is 13.4. The molecule has 2 aromatic carbocycles. The van der Waals surface area contributed by atoms with Crippen LogP contribution in [-0.4, -0.2) is 24.5 Å². The van der Waals surface area contributed by atoms with Crippen molar-refractivity contribution < 1.29 is 8.42 Å². The van der Waals surface area contributed by atoms with Crippen LogP contribution in [0.3, 0.4) is 0 Å². The molecule has 0 fully saturated rings. The van der Waals surface area contributed by atoms with Crippen molar-refractivity contribution in [3.8, 4) is 5.69 Å². The largest absolute Gasteiger partial charge is 0.333 e. The number of para-hydroxylation sites is 1. The van der Waals surface area contributed by atoms with Crippen molar-refractivity contribution >= 4 is 37.3 Å². The first-order chi connectivity index (χ1) is 14.5. The third-order valence-electron chi connectivity index (χ3n) is 5.24. The highest BCUT2D eigenvalue weighted by Gasteiger charge is 2.29. The Balaban J connectivity index is 1.65. The molecule has 30 heavy (non-hydrogen) atoms. The third kappa shape index (κ3) is 2.89. The van der Waals surface area contributed by atoms with Gasteiger partial charge >= 0.3 is 5.69 Å². The number of rotatable bonds is 3. The van der Waals surface area contributed by atoms with Crippen molar-refractivity contribution in [2.45, 2.75) is 17.7 Å². The SMILES string of the molecule is O=c1[nH]c2ccsc2c(=O)n1-c1cccc(S(=O)(=O)N2CCCc3ccccc32)c1. The zero-order valence-electron chi connectivity index (χ0n) is 15.7. The minimum atomic E-state index is -3.85. The molecule has 0 bridgehead atoms. The van der Waals surface area contributed by atoms with Crippen LogP contribution >= 0.6 is 11.3 Å². The summed E-state index contributed by atoms with van der Waals surface area (Å²) < 4.78 is 29.6. The van der Waals surface area contributed by atoms with Gasteiger partial charge in [0.1, 0.15) is 4.70 Å². The summed E-state index contributed by atoms with van der Waals surface area (Å²) >= 11 is 1.23. The van der Waals surface area contributed by atoms with E-state index >= 15 is 0 Å². The Labute approximate surface area is 175 Å². The summed E-state index contributed by atoms with van der Waals surface area (Å²) in [6.07, 6.45) is 1.55. The monoisotopic (exact) mass is 439 g/mol. The topological polar surface area (TPSA) is 92.2 Å². The van der Waals surface area contributed by atoms with Gasteiger partial charge < -0.3 is 4.98 Å². The van der Waals surface area contributed by atoms with Gasteiger partial charge in [0.05, 0.1) is 21.8 Å². The second kappa shape index (κ2) is 6.96. The first-order valence-electron chi connectivity index (χ1n) is 9.40. The van der Waals surface area contributed by atoms with Crippen LogP contribution < -0.4 is 15.6 Å². The first kappa shape index (κ1) is 18.8. The molecule has 0 atom stereocenters. The molecule has 0 unspecified atom stereocenters. The van der Waals surface area contributed by atoms with Crippen LogP contribution in [0, 0.1) is 0 Å². The van der Waals surface area contributed by atoms with E-state index in [1.54, 1.807) is 29.6 Å². The molecule has 2 aromatic heterocycles. The van der Waals surface area contributed by atoms with Gasteiger partial charge in [0, 0.05) is 6.54 Å². The Morgan fingerprint density at radius 2 is 1.83 bits per heavy atom. The lowest BCUT2D eigenvalue weighted by Gasteiger charge is -2.30. The molecule has 7 nitrogen and oxygen atoms in total. The average Bonchev–Trinajstić information content (AvgIpc) is 3.22.